The van der Waals surface area contributed by atoms with Gasteiger partial charge in [0.25, 0.3) is 0 Å². The van der Waals surface area contributed by atoms with E-state index in [1.165, 1.54) is 0 Å². The van der Waals surface area contributed by atoms with E-state index in [1.54, 1.807) is 0 Å². The summed E-state index contributed by atoms with van der Waals surface area (Å²) in [7, 11) is 0. The van der Waals surface area contributed by atoms with Gasteiger partial charge in [-0.15, -0.1) is 0 Å². The normalized spacial score (nSPS) is 35.9. The number of nitrogens with one attached hydrogen (secondary N) is 3. The minimum absolute atomic E-state index is 0.0556. The lowest BCUT2D eigenvalue weighted by Crippen LogP contribution is -2.39. The summed E-state index contributed by atoms with van der Waals surface area (Å²) >= 11 is 0. The molecule has 4 heteroatoms. The number of aliphatic hydroxyl groups is 1. The maximum atomic E-state index is 9.03. The zero-order chi connectivity index (χ0) is 6.97. The van der Waals surface area contributed by atoms with Crippen molar-refractivity contribution < 1.29 is 5.11 Å². The topological polar surface area (TPSA) is 56.3 Å². The van der Waals surface area contributed by atoms with Crippen LogP contribution in [0.3, 0.4) is 0 Å². The van der Waals surface area contributed by atoms with Gasteiger partial charge >= 0.3 is 0 Å². The second-order valence-electron chi connectivity index (χ2n) is 2.29. The van der Waals surface area contributed by atoms with Gasteiger partial charge in [-0.05, 0) is 18.4 Å². The van der Waals surface area contributed by atoms with Crippen molar-refractivity contribution in [3.63, 3.8) is 0 Å². The van der Waals surface area contributed by atoms with Crippen LogP contribution in [-0.4, -0.2) is 17.6 Å². The standard InChI is InChI=1S/C6H9N3O/c10-6-8-4-2-1-3-7-5(4)9-6/h1-3,5-10H. The van der Waals surface area contributed by atoms with Crippen LogP contribution in [0.5, 0.6) is 0 Å². The van der Waals surface area contributed by atoms with E-state index in [0.29, 0.717) is 0 Å². The van der Waals surface area contributed by atoms with Crippen molar-refractivity contribution >= 4 is 0 Å². The molecule has 1 saturated heterocycles. The molecular formula is C6H9N3O. The molecule has 4 N–H and O–H groups in total. The molecule has 4 nitrogen and oxygen atoms in total. The third kappa shape index (κ3) is 0.778. The fourth-order valence-electron chi connectivity index (χ4n) is 1.12. The second-order valence-corrected chi connectivity index (χ2v) is 2.29. The van der Waals surface area contributed by atoms with Crippen LogP contribution in [0, 0.1) is 0 Å². The number of rotatable bonds is 0. The first kappa shape index (κ1) is 5.76. The Labute approximate surface area is 58.6 Å². The molecule has 10 heavy (non-hydrogen) atoms. The molecule has 2 heterocycles. The van der Waals surface area contributed by atoms with Gasteiger partial charge < -0.3 is 15.7 Å². The summed E-state index contributed by atoms with van der Waals surface area (Å²) in [5, 5.41) is 17.8. The van der Waals surface area contributed by atoms with Gasteiger partial charge in [0.15, 0.2) is 6.35 Å². The summed E-state index contributed by atoms with van der Waals surface area (Å²) in [6, 6.07) is 0. The van der Waals surface area contributed by atoms with Crippen LogP contribution >= 0.6 is 0 Å². The summed E-state index contributed by atoms with van der Waals surface area (Å²) < 4.78 is 0. The minimum atomic E-state index is -0.622. The maximum absolute atomic E-state index is 9.03. The fraction of sp³-hybridized carbons (Fsp3) is 0.333. The van der Waals surface area contributed by atoms with E-state index >= 15 is 0 Å². The molecule has 0 amide bonds. The van der Waals surface area contributed by atoms with E-state index in [2.05, 4.69) is 16.0 Å². The summed E-state index contributed by atoms with van der Waals surface area (Å²) in [5.41, 5.74) is 0.981. The van der Waals surface area contributed by atoms with Crippen molar-refractivity contribution in [3.8, 4) is 0 Å². The molecule has 2 rings (SSSR count). The highest BCUT2D eigenvalue weighted by atomic mass is 16.3. The first-order valence-electron chi connectivity index (χ1n) is 3.20. The fourth-order valence-corrected chi connectivity index (χ4v) is 1.12. The van der Waals surface area contributed by atoms with Crippen molar-refractivity contribution in [1.82, 2.24) is 16.0 Å². The van der Waals surface area contributed by atoms with E-state index < -0.39 is 6.35 Å². The molecule has 0 bridgehead atoms. The Morgan fingerprint density at radius 2 is 2.40 bits per heavy atom. The van der Waals surface area contributed by atoms with Gasteiger partial charge in [-0.1, -0.05) is 0 Å². The molecule has 0 saturated carbocycles. The molecule has 54 valence electrons. The Morgan fingerprint density at radius 1 is 1.50 bits per heavy atom. The lowest BCUT2D eigenvalue weighted by Gasteiger charge is -2.13. The molecule has 0 radical (unpaired) electrons. The lowest BCUT2D eigenvalue weighted by atomic mass is 10.3. The van der Waals surface area contributed by atoms with Crippen molar-refractivity contribution in [2.75, 3.05) is 0 Å². The average molecular weight is 139 g/mol. The van der Waals surface area contributed by atoms with Crippen LogP contribution in [0.2, 0.25) is 0 Å². The summed E-state index contributed by atoms with van der Waals surface area (Å²) in [5.74, 6) is 0. The third-order valence-corrected chi connectivity index (χ3v) is 1.57. The maximum Gasteiger partial charge on any atom is 0.183 e. The monoisotopic (exact) mass is 139 g/mol. The number of hydrogen-bond donors (Lipinski definition) is 4. The van der Waals surface area contributed by atoms with Crippen LogP contribution in [0.4, 0.5) is 0 Å². The number of aliphatic hydroxyl groups excluding tert-OH is 1. The van der Waals surface area contributed by atoms with Gasteiger partial charge in [-0.2, -0.15) is 0 Å². The van der Waals surface area contributed by atoms with Crippen LogP contribution in [-0.2, 0) is 0 Å². The predicted octanol–water partition coefficient (Wildman–Crippen LogP) is -1.22. The Kier molecular flexibility index (Phi) is 1.15. The van der Waals surface area contributed by atoms with Gasteiger partial charge in [0.05, 0.1) is 5.70 Å². The minimum Gasteiger partial charge on any atom is -0.371 e. The lowest BCUT2D eigenvalue weighted by molar-refractivity contribution is 0.134. The van der Waals surface area contributed by atoms with Crippen molar-refractivity contribution in [3.05, 3.63) is 24.0 Å². The molecule has 0 aromatic carbocycles. The highest BCUT2D eigenvalue weighted by Crippen LogP contribution is 2.07. The zero-order valence-electron chi connectivity index (χ0n) is 5.33. The van der Waals surface area contributed by atoms with E-state index in [0.717, 1.165) is 5.70 Å². The second kappa shape index (κ2) is 2.00. The Bertz CT molecular complexity index is 199. The molecule has 0 spiro atoms. The molecule has 0 aromatic rings. The van der Waals surface area contributed by atoms with Crippen LogP contribution in [0.1, 0.15) is 0 Å². The Balaban J connectivity index is 2.18. The van der Waals surface area contributed by atoms with Gasteiger partial charge in [-0.25, -0.2) is 5.32 Å². The largest absolute Gasteiger partial charge is 0.371 e. The highest BCUT2D eigenvalue weighted by Gasteiger charge is 2.25. The van der Waals surface area contributed by atoms with Gasteiger partial charge in [0.1, 0.15) is 6.17 Å². The van der Waals surface area contributed by atoms with E-state index in [-0.39, 0.29) is 6.17 Å². The van der Waals surface area contributed by atoms with Gasteiger partial charge in [0.2, 0.25) is 0 Å². The van der Waals surface area contributed by atoms with Crippen LogP contribution in [0.15, 0.2) is 24.0 Å². The summed E-state index contributed by atoms with van der Waals surface area (Å²) in [4.78, 5) is 0. The molecular weight excluding hydrogens is 130 g/mol. The number of fused-ring (bicyclic) bond motifs is 1. The van der Waals surface area contributed by atoms with Crippen molar-refractivity contribution in [2.45, 2.75) is 12.5 Å². The van der Waals surface area contributed by atoms with Gasteiger partial charge in [-0.3, -0.25) is 0 Å². The van der Waals surface area contributed by atoms with E-state index in [4.69, 9.17) is 5.11 Å². The molecule has 2 unspecified atom stereocenters. The van der Waals surface area contributed by atoms with E-state index in [1.807, 2.05) is 18.4 Å². The molecule has 0 aromatic heterocycles. The number of allylic oxidation sites excluding steroid dienone is 2. The summed E-state index contributed by atoms with van der Waals surface area (Å²) in [6.07, 6.45) is 5.08. The molecule has 2 atom stereocenters. The first-order chi connectivity index (χ1) is 4.86. The van der Waals surface area contributed by atoms with Crippen molar-refractivity contribution in [2.24, 2.45) is 0 Å². The Morgan fingerprint density at radius 3 is 3.20 bits per heavy atom. The smallest absolute Gasteiger partial charge is 0.183 e. The van der Waals surface area contributed by atoms with Crippen LogP contribution in [0.25, 0.3) is 0 Å². The summed E-state index contributed by atoms with van der Waals surface area (Å²) in [6.45, 7) is 0. The SMILES string of the molecule is OC1NC2=CC=CNC2N1. The average Bonchev–Trinajstić information content (AvgIpc) is 2.27. The molecule has 0 aliphatic carbocycles. The Hall–Kier alpha value is -1.00. The number of dihydropyridines is 1. The predicted molar refractivity (Wildman–Crippen MR) is 36.4 cm³/mol. The molecule has 2 aliphatic rings. The molecule has 1 fully saturated rings. The van der Waals surface area contributed by atoms with Crippen LogP contribution < -0.4 is 16.0 Å². The highest BCUT2D eigenvalue weighted by molar-refractivity contribution is 5.23. The third-order valence-electron chi connectivity index (χ3n) is 1.57. The van der Waals surface area contributed by atoms with Gasteiger partial charge in [0, 0.05) is 0 Å². The quantitative estimate of drug-likeness (QED) is 0.340. The van der Waals surface area contributed by atoms with Crippen molar-refractivity contribution in [1.29, 1.82) is 0 Å². The zero-order valence-corrected chi connectivity index (χ0v) is 5.33. The first-order valence-corrected chi connectivity index (χ1v) is 3.20. The van der Waals surface area contributed by atoms with E-state index in [9.17, 15) is 0 Å². The number of hydrogen-bond acceptors (Lipinski definition) is 4. The molecule has 2 aliphatic heterocycles.